The standard InChI is InChI=1S/C26H40O3/c1-18(2)7-5-6-8-19-9-10-21-23(19,3)13-12-22-24(4)14-11-20(27)17-25(24)15-16-26(21,22)29-28-25/h5-6,15-16,18-22,27H,7-14,17H2,1-4H3/b6-5+/t19-,20?,21+,22?,23+,24+,25+,26-/m0/s1. The Kier molecular flexibility index (Phi) is 4.67. The molecule has 0 aromatic rings. The minimum Gasteiger partial charge on any atom is -0.393 e. The van der Waals surface area contributed by atoms with E-state index in [1.807, 2.05) is 0 Å². The molecule has 4 fully saturated rings. The predicted octanol–water partition coefficient (Wildman–Crippen LogP) is 5.98. The molecule has 6 aliphatic rings. The Morgan fingerprint density at radius 3 is 2.55 bits per heavy atom. The van der Waals surface area contributed by atoms with Crippen molar-refractivity contribution in [1.29, 1.82) is 0 Å². The fourth-order valence-electron chi connectivity index (χ4n) is 8.22. The van der Waals surface area contributed by atoms with Crippen LogP contribution in [-0.4, -0.2) is 22.4 Å². The zero-order valence-corrected chi connectivity index (χ0v) is 18.8. The maximum Gasteiger partial charge on any atom is 0.130 e. The molecular weight excluding hydrogens is 360 g/mol. The Balaban J connectivity index is 1.43. The van der Waals surface area contributed by atoms with Crippen LogP contribution in [0.4, 0.5) is 0 Å². The number of aliphatic hydroxyl groups is 1. The fourth-order valence-corrected chi connectivity index (χ4v) is 8.22. The molecule has 162 valence electrons. The van der Waals surface area contributed by atoms with Crippen molar-refractivity contribution in [3.63, 3.8) is 0 Å². The van der Waals surface area contributed by atoms with Crippen molar-refractivity contribution in [3.05, 3.63) is 24.3 Å². The zero-order chi connectivity index (χ0) is 20.5. The van der Waals surface area contributed by atoms with E-state index in [4.69, 9.17) is 9.78 Å². The van der Waals surface area contributed by atoms with Gasteiger partial charge in [-0.2, -0.15) is 0 Å². The third-order valence-electron chi connectivity index (χ3n) is 10.0. The number of hydrogen-bond acceptors (Lipinski definition) is 3. The van der Waals surface area contributed by atoms with Crippen LogP contribution in [0.25, 0.3) is 0 Å². The van der Waals surface area contributed by atoms with Crippen LogP contribution < -0.4 is 0 Å². The summed E-state index contributed by atoms with van der Waals surface area (Å²) in [4.78, 5) is 12.7. The molecule has 2 aliphatic heterocycles. The first-order valence-corrected chi connectivity index (χ1v) is 12.2. The molecule has 29 heavy (non-hydrogen) atoms. The third kappa shape index (κ3) is 2.66. The second-order valence-corrected chi connectivity index (χ2v) is 11.8. The lowest BCUT2D eigenvalue weighted by Crippen LogP contribution is -2.73. The molecule has 0 radical (unpaired) electrons. The van der Waals surface area contributed by atoms with Gasteiger partial charge in [0, 0.05) is 23.7 Å². The van der Waals surface area contributed by atoms with Gasteiger partial charge >= 0.3 is 0 Å². The molecule has 2 heterocycles. The highest BCUT2D eigenvalue weighted by Crippen LogP contribution is 2.72. The van der Waals surface area contributed by atoms with Crippen molar-refractivity contribution in [2.45, 2.75) is 103 Å². The largest absolute Gasteiger partial charge is 0.393 e. The Morgan fingerprint density at radius 2 is 1.83 bits per heavy atom. The maximum absolute atomic E-state index is 10.4. The van der Waals surface area contributed by atoms with E-state index in [2.05, 4.69) is 52.0 Å². The summed E-state index contributed by atoms with van der Waals surface area (Å²) >= 11 is 0. The summed E-state index contributed by atoms with van der Waals surface area (Å²) in [5, 5.41) is 10.4. The van der Waals surface area contributed by atoms with Crippen molar-refractivity contribution < 1.29 is 14.9 Å². The van der Waals surface area contributed by atoms with Gasteiger partial charge < -0.3 is 5.11 Å². The minimum atomic E-state index is -0.428. The van der Waals surface area contributed by atoms with Crippen LogP contribution in [0.3, 0.4) is 0 Å². The first kappa shape index (κ1) is 20.3. The summed E-state index contributed by atoms with van der Waals surface area (Å²) < 4.78 is 0. The van der Waals surface area contributed by atoms with Gasteiger partial charge in [0.2, 0.25) is 0 Å². The number of fused-ring (bicyclic) bond motifs is 2. The van der Waals surface area contributed by atoms with E-state index in [0.717, 1.165) is 24.7 Å². The number of hydrogen-bond donors (Lipinski definition) is 1. The van der Waals surface area contributed by atoms with Crippen molar-refractivity contribution in [1.82, 2.24) is 0 Å². The second kappa shape index (κ2) is 6.68. The van der Waals surface area contributed by atoms with Crippen LogP contribution in [0, 0.1) is 34.5 Å². The zero-order valence-electron chi connectivity index (χ0n) is 18.8. The Bertz CT molecular complexity index is 713. The molecule has 0 aromatic heterocycles. The minimum absolute atomic E-state index is 0.0792. The van der Waals surface area contributed by atoms with Gasteiger partial charge in [-0.1, -0.05) is 45.9 Å². The Hall–Kier alpha value is -0.640. The van der Waals surface area contributed by atoms with Gasteiger partial charge in [-0.05, 0) is 74.7 Å². The Morgan fingerprint density at radius 1 is 1.00 bits per heavy atom. The highest BCUT2D eigenvalue weighted by atomic mass is 17.2. The molecule has 2 bridgehead atoms. The first-order valence-electron chi connectivity index (χ1n) is 12.2. The smallest absolute Gasteiger partial charge is 0.130 e. The first-order chi connectivity index (χ1) is 13.8. The summed E-state index contributed by atoms with van der Waals surface area (Å²) in [5.41, 5.74) is -0.283. The molecule has 3 heteroatoms. The average Bonchev–Trinajstić information content (AvgIpc) is 3.02. The molecule has 4 aliphatic carbocycles. The van der Waals surface area contributed by atoms with Gasteiger partial charge in [0.25, 0.3) is 0 Å². The van der Waals surface area contributed by atoms with Crippen molar-refractivity contribution >= 4 is 0 Å². The quantitative estimate of drug-likeness (QED) is 0.466. The fraction of sp³-hybridized carbons (Fsp3) is 0.846. The average molecular weight is 401 g/mol. The molecule has 3 saturated carbocycles. The van der Waals surface area contributed by atoms with Crippen LogP contribution in [0.5, 0.6) is 0 Å². The van der Waals surface area contributed by atoms with E-state index in [0.29, 0.717) is 23.7 Å². The van der Waals surface area contributed by atoms with Crippen molar-refractivity contribution in [3.8, 4) is 0 Å². The molecular formula is C26H40O3. The van der Waals surface area contributed by atoms with Crippen LogP contribution in [-0.2, 0) is 9.78 Å². The van der Waals surface area contributed by atoms with Gasteiger partial charge in [-0.25, -0.2) is 9.78 Å². The van der Waals surface area contributed by atoms with Crippen molar-refractivity contribution in [2.75, 3.05) is 0 Å². The lowest BCUT2D eigenvalue weighted by molar-refractivity contribution is -0.497. The van der Waals surface area contributed by atoms with E-state index < -0.39 is 5.60 Å². The van der Waals surface area contributed by atoms with E-state index in [1.54, 1.807) is 0 Å². The summed E-state index contributed by atoms with van der Waals surface area (Å²) in [6, 6.07) is 0. The van der Waals surface area contributed by atoms with Crippen molar-refractivity contribution in [2.24, 2.45) is 34.5 Å². The number of aliphatic hydroxyl groups excluding tert-OH is 1. The summed E-state index contributed by atoms with van der Waals surface area (Å²) in [6.45, 7) is 9.54. The molecule has 2 spiro atoms. The summed E-state index contributed by atoms with van der Waals surface area (Å²) in [7, 11) is 0. The van der Waals surface area contributed by atoms with Crippen LogP contribution in [0.1, 0.15) is 85.5 Å². The molecule has 0 amide bonds. The monoisotopic (exact) mass is 400 g/mol. The van der Waals surface area contributed by atoms with Gasteiger partial charge in [0.1, 0.15) is 11.2 Å². The van der Waals surface area contributed by atoms with E-state index in [9.17, 15) is 5.11 Å². The summed E-state index contributed by atoms with van der Waals surface area (Å²) in [6.07, 6.45) is 19.4. The molecule has 1 saturated heterocycles. The highest BCUT2D eigenvalue weighted by molar-refractivity contribution is 5.33. The highest BCUT2D eigenvalue weighted by Gasteiger charge is 2.74. The lowest BCUT2D eigenvalue weighted by atomic mass is 9.43. The molecule has 8 atom stereocenters. The number of rotatable bonds is 4. The molecule has 3 nitrogen and oxygen atoms in total. The predicted molar refractivity (Wildman–Crippen MR) is 115 cm³/mol. The van der Waals surface area contributed by atoms with Gasteiger partial charge in [-0.15, -0.1) is 0 Å². The van der Waals surface area contributed by atoms with E-state index in [-0.39, 0.29) is 17.1 Å². The topological polar surface area (TPSA) is 38.7 Å². The normalized spacial score (nSPS) is 53.3. The van der Waals surface area contributed by atoms with E-state index in [1.165, 1.54) is 38.5 Å². The Labute approximate surface area is 176 Å². The second-order valence-electron chi connectivity index (χ2n) is 11.8. The van der Waals surface area contributed by atoms with Crippen LogP contribution >= 0.6 is 0 Å². The molecule has 2 unspecified atom stereocenters. The third-order valence-corrected chi connectivity index (χ3v) is 10.0. The molecule has 1 N–H and O–H groups in total. The van der Waals surface area contributed by atoms with Gasteiger partial charge in [0.15, 0.2) is 0 Å². The number of allylic oxidation sites excluding steroid dienone is 2. The lowest BCUT2D eigenvalue weighted by Gasteiger charge is -2.69. The van der Waals surface area contributed by atoms with Gasteiger partial charge in [0.05, 0.1) is 6.10 Å². The van der Waals surface area contributed by atoms with Crippen LogP contribution in [0.2, 0.25) is 0 Å². The van der Waals surface area contributed by atoms with Crippen LogP contribution in [0.15, 0.2) is 24.3 Å². The molecule has 6 rings (SSSR count). The molecule has 0 aromatic carbocycles. The SMILES string of the molecule is CC(C)C/C=C/C[C@H]1CC[C@@H]2[C@]1(C)CCC1[C@]23C=C[C@]2(CC(O)CC[C@]12C)OO3. The van der Waals surface area contributed by atoms with E-state index >= 15 is 0 Å². The summed E-state index contributed by atoms with van der Waals surface area (Å²) in [5.74, 6) is 2.53. The van der Waals surface area contributed by atoms with Gasteiger partial charge in [-0.3, -0.25) is 0 Å². The maximum atomic E-state index is 10.4.